The van der Waals surface area contributed by atoms with Gasteiger partial charge in [-0.25, -0.2) is 28.1 Å². The number of benzene rings is 1. The van der Waals surface area contributed by atoms with E-state index in [1.807, 2.05) is 6.07 Å². The fourth-order valence-corrected chi connectivity index (χ4v) is 4.85. The number of piperazine rings is 1. The molecular formula is C23H26F3N7. The number of pyridine rings is 1. The molecule has 3 aliphatic heterocycles. The first kappa shape index (κ1) is 21.7. The summed E-state index contributed by atoms with van der Waals surface area (Å²) in [5, 5.41) is 3.92. The van der Waals surface area contributed by atoms with Crippen LogP contribution in [-0.2, 0) is 0 Å². The largest absolute Gasteiger partial charge is 0.399 e. The third kappa shape index (κ3) is 3.82. The second kappa shape index (κ2) is 8.02. The second-order valence-electron chi connectivity index (χ2n) is 8.97. The maximum absolute atomic E-state index is 14.8. The summed E-state index contributed by atoms with van der Waals surface area (Å²) in [7, 11) is 2.15. The zero-order valence-electron chi connectivity index (χ0n) is 18.7. The number of aryl methyl sites for hydroxylation is 1. The van der Waals surface area contributed by atoms with Gasteiger partial charge in [-0.3, -0.25) is 4.90 Å². The highest BCUT2D eigenvalue weighted by Gasteiger charge is 2.42. The Hall–Kier alpha value is -3.14. The van der Waals surface area contributed by atoms with E-state index in [4.69, 9.17) is 5.73 Å². The average molecular weight is 458 g/mol. The van der Waals surface area contributed by atoms with Crippen molar-refractivity contribution in [3.8, 4) is 0 Å². The van der Waals surface area contributed by atoms with E-state index in [0.29, 0.717) is 29.2 Å². The van der Waals surface area contributed by atoms with Crippen molar-refractivity contribution in [1.82, 2.24) is 19.9 Å². The van der Waals surface area contributed by atoms with Gasteiger partial charge in [0.05, 0.1) is 23.3 Å². The Kier molecular flexibility index (Phi) is 5.27. The average Bonchev–Trinajstić information content (AvgIpc) is 2.79. The normalized spacial score (nSPS) is 21.4. The van der Waals surface area contributed by atoms with Gasteiger partial charge in [-0.05, 0) is 45.5 Å². The van der Waals surface area contributed by atoms with Gasteiger partial charge in [0.2, 0.25) is 0 Å². The number of hydrogen-bond donors (Lipinski definition) is 2. The van der Waals surface area contributed by atoms with Crippen molar-refractivity contribution in [2.24, 2.45) is 0 Å². The Morgan fingerprint density at radius 2 is 1.82 bits per heavy atom. The minimum atomic E-state index is -2.95. The van der Waals surface area contributed by atoms with Crippen LogP contribution < -0.4 is 16.0 Å². The molecule has 3 fully saturated rings. The summed E-state index contributed by atoms with van der Waals surface area (Å²) in [6.07, 6.45) is -0.0284. The van der Waals surface area contributed by atoms with Gasteiger partial charge in [0, 0.05) is 41.8 Å². The Balaban J connectivity index is 1.49. The zero-order valence-corrected chi connectivity index (χ0v) is 18.7. The van der Waals surface area contributed by atoms with Crippen LogP contribution in [0.2, 0.25) is 0 Å². The number of piperidine rings is 1. The van der Waals surface area contributed by atoms with Crippen molar-refractivity contribution in [2.45, 2.75) is 44.8 Å². The smallest absolute Gasteiger partial charge is 0.266 e. The molecule has 10 heteroatoms. The van der Waals surface area contributed by atoms with Gasteiger partial charge >= 0.3 is 0 Å². The number of nitrogens with two attached hydrogens (primary N) is 1. The molecule has 3 atom stereocenters. The molecule has 2 bridgehead atoms. The number of fused-ring (bicyclic) bond motifs is 3. The van der Waals surface area contributed by atoms with E-state index in [1.54, 1.807) is 20.0 Å². The molecule has 2 aromatic heterocycles. The lowest BCUT2D eigenvalue weighted by Gasteiger charge is -2.55. The minimum Gasteiger partial charge on any atom is -0.399 e. The van der Waals surface area contributed by atoms with Crippen molar-refractivity contribution in [3.63, 3.8) is 0 Å². The van der Waals surface area contributed by atoms with Crippen LogP contribution in [0.1, 0.15) is 42.8 Å². The first-order valence-corrected chi connectivity index (χ1v) is 11.0. The molecule has 0 amide bonds. The Morgan fingerprint density at radius 1 is 1.12 bits per heavy atom. The van der Waals surface area contributed by atoms with E-state index in [1.165, 1.54) is 12.5 Å². The summed E-state index contributed by atoms with van der Waals surface area (Å²) in [6.45, 7) is 5.25. The van der Waals surface area contributed by atoms with Crippen LogP contribution in [0.5, 0.6) is 0 Å². The maximum Gasteiger partial charge on any atom is 0.266 e. The lowest BCUT2D eigenvalue weighted by Crippen LogP contribution is -2.67. The molecule has 7 nitrogen and oxygen atoms in total. The van der Waals surface area contributed by atoms with Crippen molar-refractivity contribution in [1.29, 1.82) is 0 Å². The first-order valence-electron chi connectivity index (χ1n) is 11.0. The number of nitrogen functional groups attached to an aromatic ring is 1. The van der Waals surface area contributed by atoms with E-state index in [-0.39, 0.29) is 11.3 Å². The van der Waals surface area contributed by atoms with Crippen LogP contribution >= 0.6 is 0 Å². The molecule has 0 radical (unpaired) electrons. The molecule has 0 spiro atoms. The van der Waals surface area contributed by atoms with E-state index >= 15 is 0 Å². The Labute approximate surface area is 189 Å². The van der Waals surface area contributed by atoms with Gasteiger partial charge in [-0.15, -0.1) is 0 Å². The van der Waals surface area contributed by atoms with E-state index in [2.05, 4.69) is 37.1 Å². The van der Waals surface area contributed by atoms with E-state index in [0.717, 1.165) is 30.4 Å². The highest BCUT2D eigenvalue weighted by Crippen LogP contribution is 2.35. The standard InChI is InChI=1S/C23H26F3N7/c1-11(16-4-13(27)5-18(21(16)24)22(25)26)29-23-17-7-20(28-8-19(17)30-12(2)31-23)33-9-14-6-15(10-33)32(14)3/h4-5,7-8,11,14-15,22H,6,9-10,27H2,1-3H3,(H,29,30,31)/t11-,14?,15?/m1/s1. The lowest BCUT2D eigenvalue weighted by molar-refractivity contribution is 0.0261. The summed E-state index contributed by atoms with van der Waals surface area (Å²) in [4.78, 5) is 18.3. The van der Waals surface area contributed by atoms with Crippen LogP contribution in [0.4, 0.5) is 30.5 Å². The number of hydrogen-bond acceptors (Lipinski definition) is 7. The van der Waals surface area contributed by atoms with Gasteiger partial charge in [-0.2, -0.15) is 0 Å². The van der Waals surface area contributed by atoms with Gasteiger partial charge in [-0.1, -0.05) is 0 Å². The fourth-order valence-electron chi connectivity index (χ4n) is 4.85. The summed E-state index contributed by atoms with van der Waals surface area (Å²) in [5.41, 5.74) is 5.86. The summed E-state index contributed by atoms with van der Waals surface area (Å²) in [5.74, 6) is 0.888. The lowest BCUT2D eigenvalue weighted by atomic mass is 9.88. The van der Waals surface area contributed by atoms with Crippen molar-refractivity contribution in [3.05, 3.63) is 47.2 Å². The highest BCUT2D eigenvalue weighted by atomic mass is 19.3. The highest BCUT2D eigenvalue weighted by molar-refractivity contribution is 5.90. The number of nitrogens with one attached hydrogen (secondary N) is 1. The summed E-state index contributed by atoms with van der Waals surface area (Å²) >= 11 is 0. The minimum absolute atomic E-state index is 0.0585. The zero-order chi connectivity index (χ0) is 23.4. The Morgan fingerprint density at radius 3 is 2.48 bits per heavy atom. The van der Waals surface area contributed by atoms with Crippen LogP contribution in [0.15, 0.2) is 24.4 Å². The molecule has 0 aliphatic carbocycles. The first-order chi connectivity index (χ1) is 15.7. The van der Waals surface area contributed by atoms with Crippen LogP contribution in [0, 0.1) is 12.7 Å². The molecule has 33 heavy (non-hydrogen) atoms. The molecule has 3 aromatic rings. The van der Waals surface area contributed by atoms with Crippen LogP contribution in [0.25, 0.3) is 10.9 Å². The molecule has 174 valence electrons. The number of anilines is 3. The molecule has 2 unspecified atom stereocenters. The predicted octanol–water partition coefficient (Wildman–Crippen LogP) is 4.06. The summed E-state index contributed by atoms with van der Waals surface area (Å²) in [6, 6.07) is 4.69. The molecule has 0 saturated carbocycles. The van der Waals surface area contributed by atoms with E-state index < -0.39 is 23.8 Å². The molecule has 3 saturated heterocycles. The number of likely N-dealkylation sites (N-methyl/N-ethyl adjacent to an activating group) is 1. The monoisotopic (exact) mass is 457 g/mol. The number of halogens is 3. The third-order valence-electron chi connectivity index (χ3n) is 6.77. The van der Waals surface area contributed by atoms with Gasteiger partial charge < -0.3 is 16.0 Å². The van der Waals surface area contributed by atoms with Crippen molar-refractivity contribution < 1.29 is 13.2 Å². The SMILES string of the molecule is Cc1nc(N[C@H](C)c2cc(N)cc(C(F)F)c2F)c2cc(N3CC4CC(C3)N4C)ncc2n1. The maximum atomic E-state index is 14.8. The van der Waals surface area contributed by atoms with Crippen LogP contribution in [0.3, 0.4) is 0 Å². The van der Waals surface area contributed by atoms with Crippen molar-refractivity contribution >= 4 is 28.2 Å². The third-order valence-corrected chi connectivity index (χ3v) is 6.77. The summed E-state index contributed by atoms with van der Waals surface area (Å²) < 4.78 is 41.3. The topological polar surface area (TPSA) is 83.2 Å². The van der Waals surface area contributed by atoms with Gasteiger partial charge in [0.25, 0.3) is 6.43 Å². The van der Waals surface area contributed by atoms with Gasteiger partial charge in [0.15, 0.2) is 0 Å². The second-order valence-corrected chi connectivity index (χ2v) is 8.97. The van der Waals surface area contributed by atoms with E-state index in [9.17, 15) is 13.2 Å². The molecular weight excluding hydrogens is 431 g/mol. The number of alkyl halides is 2. The Bertz CT molecular complexity index is 1210. The van der Waals surface area contributed by atoms with Crippen LogP contribution in [-0.4, -0.2) is 52.1 Å². The molecule has 3 aliphatic rings. The quantitative estimate of drug-likeness (QED) is 0.559. The number of nitrogens with zero attached hydrogens (tertiary/aromatic N) is 5. The molecule has 6 rings (SSSR count). The van der Waals surface area contributed by atoms with Gasteiger partial charge in [0.1, 0.15) is 23.3 Å². The fraction of sp³-hybridized carbons (Fsp3) is 0.435. The molecule has 1 aromatic carbocycles. The van der Waals surface area contributed by atoms with Crippen molar-refractivity contribution in [2.75, 3.05) is 36.1 Å². The molecule has 5 heterocycles. The number of rotatable bonds is 5. The predicted molar refractivity (Wildman–Crippen MR) is 122 cm³/mol. The molecule has 3 N–H and O–H groups in total. The number of aromatic nitrogens is 3.